The van der Waals surface area contributed by atoms with Gasteiger partial charge in [0.05, 0.1) is 6.04 Å². The zero-order valence-corrected chi connectivity index (χ0v) is 27.1. The minimum atomic E-state index is -1.04. The summed E-state index contributed by atoms with van der Waals surface area (Å²) in [5, 5.41) is 17.3. The van der Waals surface area contributed by atoms with Crippen molar-refractivity contribution in [2.75, 3.05) is 20.8 Å². The number of amides is 4. The highest BCUT2D eigenvalue weighted by Gasteiger charge is 2.34. The molecule has 46 heavy (non-hydrogen) atoms. The zero-order chi connectivity index (χ0) is 33.2. The molecule has 12 heteroatoms. The Hall–Kier alpha value is -4.29. The van der Waals surface area contributed by atoms with Crippen molar-refractivity contribution in [2.45, 2.75) is 77.3 Å². The van der Waals surface area contributed by atoms with Crippen molar-refractivity contribution < 1.29 is 33.2 Å². The molecule has 0 bridgehead atoms. The molecule has 0 saturated carbocycles. The van der Waals surface area contributed by atoms with Gasteiger partial charge < -0.3 is 35.3 Å². The van der Waals surface area contributed by atoms with E-state index in [2.05, 4.69) is 26.4 Å². The number of nitrogens with zero attached hydrogens (tertiary/aromatic N) is 1. The monoisotopic (exact) mass is 635 g/mol. The van der Waals surface area contributed by atoms with E-state index in [1.165, 1.54) is 20.3 Å². The first-order valence-corrected chi connectivity index (χ1v) is 15.7. The molecule has 4 unspecified atom stereocenters. The van der Waals surface area contributed by atoms with Crippen LogP contribution >= 0.6 is 0 Å². The predicted molar refractivity (Wildman–Crippen MR) is 172 cm³/mol. The largest absolute Gasteiger partial charge is 0.361 e. The highest BCUT2D eigenvalue weighted by molar-refractivity contribution is 5.98. The number of piperidine rings is 1. The van der Waals surface area contributed by atoms with Crippen LogP contribution in [0, 0.1) is 18.8 Å². The van der Waals surface area contributed by atoms with Gasteiger partial charge in [0.2, 0.25) is 17.7 Å². The minimum absolute atomic E-state index is 0.0449. The van der Waals surface area contributed by atoms with Crippen LogP contribution in [-0.2, 0) is 30.3 Å². The molecule has 1 saturated heterocycles. The Balaban J connectivity index is 1.57. The molecule has 1 aromatic heterocycles. The van der Waals surface area contributed by atoms with Gasteiger partial charge in [-0.3, -0.25) is 19.2 Å². The predicted octanol–water partition coefficient (Wildman–Crippen LogP) is 3.03. The number of fused-ring (bicyclic) bond motifs is 1. The molecule has 0 aliphatic carbocycles. The SMILES string of the molecule is COC(OC)C(CC1CCCNC1=O)NC(=O)C(CC(C)C)NC(=O)C(Cc1cccc2ccccc12)NC(=O)c1cc(C)on1. The second-order valence-corrected chi connectivity index (χ2v) is 12.2. The number of hydrogen-bond donors (Lipinski definition) is 4. The summed E-state index contributed by atoms with van der Waals surface area (Å²) in [6.45, 7) is 6.20. The van der Waals surface area contributed by atoms with Gasteiger partial charge in [0.15, 0.2) is 12.0 Å². The average Bonchev–Trinajstić information content (AvgIpc) is 3.48. The number of benzene rings is 2. The Bertz CT molecular complexity index is 1500. The Morgan fingerprint density at radius 3 is 2.39 bits per heavy atom. The number of aryl methyl sites for hydroxylation is 1. The summed E-state index contributed by atoms with van der Waals surface area (Å²) in [6, 6.07) is 12.5. The van der Waals surface area contributed by atoms with Crippen molar-refractivity contribution in [2.24, 2.45) is 11.8 Å². The number of hydrogen-bond acceptors (Lipinski definition) is 8. The molecule has 4 rings (SSSR count). The van der Waals surface area contributed by atoms with E-state index in [4.69, 9.17) is 14.0 Å². The molecule has 1 aliphatic rings. The number of carbonyl (C=O) groups excluding carboxylic acids is 4. The second kappa shape index (κ2) is 16.3. The standard InChI is InChI=1S/C34H45N5O7/c1-20(2)16-26(31(41)38-29(34(44-4)45-5)19-24-13-9-15-35-30(24)40)36-32(42)27(37-33(43)28-17-21(3)46-39-28)18-23-12-8-11-22-10-6-7-14-25(22)23/h6-8,10-12,14,17,20,24,26-27,29,34H,9,13,15-16,18-19H2,1-5H3,(H,35,40)(H,36,42)(H,37,43)(H,38,41). The van der Waals surface area contributed by atoms with Gasteiger partial charge in [-0.15, -0.1) is 0 Å². The molecule has 0 spiro atoms. The van der Waals surface area contributed by atoms with Crippen LogP contribution in [0.3, 0.4) is 0 Å². The van der Waals surface area contributed by atoms with E-state index in [1.54, 1.807) is 6.92 Å². The molecule has 0 radical (unpaired) electrons. The molecule has 4 N–H and O–H groups in total. The minimum Gasteiger partial charge on any atom is -0.361 e. The zero-order valence-electron chi connectivity index (χ0n) is 27.1. The summed E-state index contributed by atoms with van der Waals surface area (Å²) in [5.74, 6) is -1.42. The van der Waals surface area contributed by atoms with Gasteiger partial charge in [0.1, 0.15) is 17.8 Å². The van der Waals surface area contributed by atoms with Gasteiger partial charge in [0, 0.05) is 39.2 Å². The van der Waals surface area contributed by atoms with Crippen LogP contribution in [0.4, 0.5) is 0 Å². The van der Waals surface area contributed by atoms with E-state index in [0.717, 1.165) is 22.8 Å². The molecule has 248 valence electrons. The molecule has 2 heterocycles. The number of rotatable bonds is 15. The first kappa shape index (κ1) is 34.6. The van der Waals surface area contributed by atoms with Gasteiger partial charge in [-0.25, -0.2) is 0 Å². The Labute approximate surface area is 269 Å². The van der Waals surface area contributed by atoms with Crippen LogP contribution in [-0.4, -0.2) is 74.0 Å². The Morgan fingerprint density at radius 1 is 1.00 bits per heavy atom. The van der Waals surface area contributed by atoms with Gasteiger partial charge in [-0.1, -0.05) is 61.5 Å². The van der Waals surface area contributed by atoms with Gasteiger partial charge in [-0.2, -0.15) is 0 Å². The second-order valence-electron chi connectivity index (χ2n) is 12.2. The van der Waals surface area contributed by atoms with E-state index in [-0.39, 0.29) is 29.9 Å². The van der Waals surface area contributed by atoms with Crippen molar-refractivity contribution in [3.05, 3.63) is 65.5 Å². The third kappa shape index (κ3) is 9.13. The van der Waals surface area contributed by atoms with E-state index >= 15 is 0 Å². The highest BCUT2D eigenvalue weighted by Crippen LogP contribution is 2.22. The average molecular weight is 636 g/mol. The number of carbonyl (C=O) groups is 4. The number of aromatic nitrogens is 1. The lowest BCUT2D eigenvalue weighted by atomic mass is 9.91. The Morgan fingerprint density at radius 2 is 1.72 bits per heavy atom. The third-order valence-electron chi connectivity index (χ3n) is 8.19. The number of ether oxygens (including phenoxy) is 2. The van der Waals surface area contributed by atoms with E-state index in [9.17, 15) is 19.2 Å². The Kier molecular flexibility index (Phi) is 12.3. The molecule has 1 aliphatic heterocycles. The van der Waals surface area contributed by atoms with Crippen LogP contribution in [0.25, 0.3) is 10.8 Å². The molecule has 12 nitrogen and oxygen atoms in total. The smallest absolute Gasteiger partial charge is 0.274 e. The van der Waals surface area contributed by atoms with Crippen molar-refractivity contribution in [1.29, 1.82) is 0 Å². The molecule has 4 amide bonds. The topological polar surface area (TPSA) is 161 Å². The van der Waals surface area contributed by atoms with E-state index < -0.39 is 42.1 Å². The summed E-state index contributed by atoms with van der Waals surface area (Å²) in [7, 11) is 2.94. The third-order valence-corrected chi connectivity index (χ3v) is 8.19. The van der Waals surface area contributed by atoms with E-state index in [1.807, 2.05) is 56.3 Å². The molecule has 2 aromatic carbocycles. The van der Waals surface area contributed by atoms with Gasteiger partial charge in [-0.05, 0) is 54.9 Å². The maximum absolute atomic E-state index is 14.0. The summed E-state index contributed by atoms with van der Waals surface area (Å²) in [4.78, 5) is 53.5. The molecule has 4 atom stereocenters. The lowest BCUT2D eigenvalue weighted by Crippen LogP contribution is -2.57. The van der Waals surface area contributed by atoms with Crippen LogP contribution in [0.2, 0.25) is 0 Å². The first-order chi connectivity index (χ1) is 22.1. The van der Waals surface area contributed by atoms with Crippen molar-refractivity contribution in [3.8, 4) is 0 Å². The highest BCUT2D eigenvalue weighted by atomic mass is 16.7. The van der Waals surface area contributed by atoms with Crippen LogP contribution in [0.15, 0.2) is 53.1 Å². The molecule has 1 fully saturated rings. The number of methoxy groups -OCH3 is 2. The van der Waals surface area contributed by atoms with Crippen molar-refractivity contribution >= 4 is 34.4 Å². The van der Waals surface area contributed by atoms with Crippen LogP contribution in [0.1, 0.15) is 61.3 Å². The fraction of sp³-hybridized carbons (Fsp3) is 0.500. The number of nitrogens with one attached hydrogen (secondary N) is 4. The van der Waals surface area contributed by atoms with Crippen LogP contribution in [0.5, 0.6) is 0 Å². The summed E-state index contributed by atoms with van der Waals surface area (Å²) in [5.41, 5.74) is 0.901. The lowest BCUT2D eigenvalue weighted by Gasteiger charge is -2.32. The first-order valence-electron chi connectivity index (χ1n) is 15.7. The van der Waals surface area contributed by atoms with Crippen LogP contribution < -0.4 is 21.3 Å². The summed E-state index contributed by atoms with van der Waals surface area (Å²) in [6.07, 6.45) is 1.52. The maximum atomic E-state index is 14.0. The maximum Gasteiger partial charge on any atom is 0.274 e. The summed E-state index contributed by atoms with van der Waals surface area (Å²) < 4.78 is 16.1. The van der Waals surface area contributed by atoms with E-state index in [0.29, 0.717) is 31.6 Å². The fourth-order valence-corrected chi connectivity index (χ4v) is 5.89. The molecular weight excluding hydrogens is 590 g/mol. The summed E-state index contributed by atoms with van der Waals surface area (Å²) >= 11 is 0. The molecular formula is C34H45N5O7. The molecule has 3 aromatic rings. The lowest BCUT2D eigenvalue weighted by molar-refractivity contribution is -0.145. The fourth-order valence-electron chi connectivity index (χ4n) is 5.89. The van der Waals surface area contributed by atoms with Gasteiger partial charge >= 0.3 is 0 Å². The van der Waals surface area contributed by atoms with Crippen molar-refractivity contribution in [1.82, 2.24) is 26.4 Å². The quantitative estimate of drug-likeness (QED) is 0.185. The van der Waals surface area contributed by atoms with Crippen molar-refractivity contribution in [3.63, 3.8) is 0 Å². The normalized spacial score (nSPS) is 16.9. The van der Waals surface area contributed by atoms with Gasteiger partial charge in [0.25, 0.3) is 5.91 Å².